The summed E-state index contributed by atoms with van der Waals surface area (Å²) in [6.45, 7) is 0. The lowest BCUT2D eigenvalue weighted by atomic mass is 10.0. The van der Waals surface area contributed by atoms with Crippen LogP contribution in [0.1, 0.15) is 17.5 Å². The van der Waals surface area contributed by atoms with Crippen molar-refractivity contribution in [2.75, 3.05) is 0 Å². The molecule has 0 unspecified atom stereocenters. The maximum absolute atomic E-state index is 12.8. The van der Waals surface area contributed by atoms with E-state index in [-0.39, 0.29) is 18.6 Å². The molecule has 2 aromatic rings. The summed E-state index contributed by atoms with van der Waals surface area (Å²) in [6, 6.07) is 11.5. The van der Waals surface area contributed by atoms with Gasteiger partial charge in [-0.05, 0) is 29.7 Å². The number of hydrogen-bond donors (Lipinski definition) is 6. The molecule has 2 aromatic carbocycles. The fourth-order valence-corrected chi connectivity index (χ4v) is 2.99. The summed E-state index contributed by atoms with van der Waals surface area (Å²) in [5.41, 5.74) is 12.6. The monoisotopic (exact) mass is 442 g/mol. The van der Waals surface area contributed by atoms with Crippen LogP contribution in [0.5, 0.6) is 5.75 Å². The quantitative estimate of drug-likeness (QED) is 0.269. The predicted octanol–water partition coefficient (Wildman–Crippen LogP) is -0.566. The van der Waals surface area contributed by atoms with Crippen molar-refractivity contribution < 1.29 is 29.4 Å². The van der Waals surface area contributed by atoms with E-state index in [2.05, 4.69) is 10.6 Å². The lowest BCUT2D eigenvalue weighted by Crippen LogP contribution is -2.56. The van der Waals surface area contributed by atoms with Gasteiger partial charge in [-0.25, -0.2) is 0 Å². The van der Waals surface area contributed by atoms with Gasteiger partial charge >= 0.3 is 5.97 Å². The third-order valence-corrected chi connectivity index (χ3v) is 4.68. The van der Waals surface area contributed by atoms with Gasteiger partial charge in [0.15, 0.2) is 0 Å². The first kappa shape index (κ1) is 24.4. The highest BCUT2D eigenvalue weighted by atomic mass is 16.4. The van der Waals surface area contributed by atoms with Crippen LogP contribution in [0.3, 0.4) is 0 Å². The van der Waals surface area contributed by atoms with Gasteiger partial charge in [-0.3, -0.25) is 19.2 Å². The smallest absolute Gasteiger partial charge is 0.305 e. The number of aliphatic carboxylic acids is 1. The second-order valence-electron chi connectivity index (χ2n) is 7.29. The molecule has 0 aromatic heterocycles. The third kappa shape index (κ3) is 7.73. The number of carbonyl (C=O) groups excluding carboxylic acids is 3. The first-order valence-electron chi connectivity index (χ1n) is 9.85. The molecular formula is C22H26N4O6. The largest absolute Gasteiger partial charge is 0.508 e. The zero-order valence-corrected chi connectivity index (χ0v) is 17.2. The van der Waals surface area contributed by atoms with E-state index in [1.165, 1.54) is 12.1 Å². The Morgan fingerprint density at radius 3 is 1.94 bits per heavy atom. The van der Waals surface area contributed by atoms with E-state index in [1.54, 1.807) is 42.5 Å². The second kappa shape index (κ2) is 11.5. The van der Waals surface area contributed by atoms with E-state index < -0.39 is 48.2 Å². The molecule has 170 valence electrons. The normalized spacial score (nSPS) is 13.4. The number of phenols is 1. The van der Waals surface area contributed by atoms with Crippen molar-refractivity contribution in [1.82, 2.24) is 10.6 Å². The number of primary amides is 1. The average molecular weight is 442 g/mol. The van der Waals surface area contributed by atoms with Crippen molar-refractivity contribution in [3.05, 3.63) is 65.7 Å². The number of carboxylic acid groups (broad SMARTS) is 1. The number of rotatable bonds is 11. The summed E-state index contributed by atoms with van der Waals surface area (Å²) in [7, 11) is 0. The molecule has 0 aliphatic carbocycles. The summed E-state index contributed by atoms with van der Waals surface area (Å²) in [6.07, 6.45) is -0.439. The number of nitrogens with two attached hydrogens (primary N) is 2. The van der Waals surface area contributed by atoms with Crippen LogP contribution in [0.2, 0.25) is 0 Å². The Morgan fingerprint density at radius 2 is 1.38 bits per heavy atom. The molecule has 2 rings (SSSR count). The Morgan fingerprint density at radius 1 is 0.812 bits per heavy atom. The number of hydrogen-bond acceptors (Lipinski definition) is 6. The fourth-order valence-electron chi connectivity index (χ4n) is 2.99. The van der Waals surface area contributed by atoms with Crippen molar-refractivity contribution in [3.8, 4) is 5.75 Å². The van der Waals surface area contributed by atoms with Gasteiger partial charge in [0, 0.05) is 6.42 Å². The minimum absolute atomic E-state index is 0.0803. The fraction of sp³-hybridized carbons (Fsp3) is 0.273. The molecule has 32 heavy (non-hydrogen) atoms. The maximum atomic E-state index is 12.8. The van der Waals surface area contributed by atoms with Crippen molar-refractivity contribution in [1.29, 1.82) is 0 Å². The molecule has 10 heteroatoms. The minimum atomic E-state index is -1.43. The van der Waals surface area contributed by atoms with Gasteiger partial charge in [0.05, 0.1) is 12.5 Å². The Kier molecular flexibility index (Phi) is 8.72. The molecule has 10 nitrogen and oxygen atoms in total. The number of nitrogens with one attached hydrogen (secondary N) is 2. The SMILES string of the molecule is NC(=O)[C@H](CC(=O)O)NC(=O)[C@H](Cc1ccccc1)NC(=O)[C@@H](N)Cc1ccc(O)cc1. The van der Waals surface area contributed by atoms with Crippen LogP contribution in [0.15, 0.2) is 54.6 Å². The summed E-state index contributed by atoms with van der Waals surface area (Å²) in [5.74, 6) is -3.60. The summed E-state index contributed by atoms with van der Waals surface area (Å²) < 4.78 is 0. The first-order chi connectivity index (χ1) is 15.2. The predicted molar refractivity (Wildman–Crippen MR) is 115 cm³/mol. The molecule has 3 amide bonds. The molecule has 0 aliphatic rings. The van der Waals surface area contributed by atoms with Crippen LogP contribution in [-0.4, -0.2) is 52.0 Å². The van der Waals surface area contributed by atoms with Gasteiger partial charge in [0.25, 0.3) is 0 Å². The molecule has 3 atom stereocenters. The van der Waals surface area contributed by atoms with Gasteiger partial charge in [-0.15, -0.1) is 0 Å². The molecule has 0 saturated heterocycles. The van der Waals surface area contributed by atoms with E-state index in [0.29, 0.717) is 5.56 Å². The average Bonchev–Trinajstić information content (AvgIpc) is 2.74. The molecule has 0 spiro atoms. The molecule has 0 aliphatic heterocycles. The molecular weight excluding hydrogens is 416 g/mol. The van der Waals surface area contributed by atoms with Gasteiger partial charge < -0.3 is 32.3 Å². The number of benzene rings is 2. The maximum Gasteiger partial charge on any atom is 0.305 e. The Bertz CT molecular complexity index is 949. The number of carbonyl (C=O) groups is 4. The Balaban J connectivity index is 2.13. The van der Waals surface area contributed by atoms with Gasteiger partial charge in [0.2, 0.25) is 17.7 Å². The number of aromatic hydroxyl groups is 1. The van der Waals surface area contributed by atoms with E-state index in [1.807, 2.05) is 0 Å². The Hall–Kier alpha value is -3.92. The second-order valence-corrected chi connectivity index (χ2v) is 7.29. The lowest BCUT2D eigenvalue weighted by molar-refractivity contribution is -0.140. The van der Waals surface area contributed by atoms with E-state index >= 15 is 0 Å². The highest BCUT2D eigenvalue weighted by molar-refractivity contribution is 5.94. The highest BCUT2D eigenvalue weighted by Gasteiger charge is 2.28. The van der Waals surface area contributed by atoms with Crippen LogP contribution in [0.25, 0.3) is 0 Å². The van der Waals surface area contributed by atoms with Crippen LogP contribution >= 0.6 is 0 Å². The van der Waals surface area contributed by atoms with Crippen LogP contribution in [-0.2, 0) is 32.0 Å². The van der Waals surface area contributed by atoms with Crippen molar-refractivity contribution >= 4 is 23.7 Å². The van der Waals surface area contributed by atoms with E-state index in [4.69, 9.17) is 16.6 Å². The lowest BCUT2D eigenvalue weighted by Gasteiger charge is -2.23. The summed E-state index contributed by atoms with van der Waals surface area (Å²) in [4.78, 5) is 48.0. The third-order valence-electron chi connectivity index (χ3n) is 4.68. The van der Waals surface area contributed by atoms with Crippen LogP contribution in [0.4, 0.5) is 0 Å². The molecule has 0 heterocycles. The number of carboxylic acids is 1. The number of amides is 3. The zero-order chi connectivity index (χ0) is 23.7. The van der Waals surface area contributed by atoms with Crippen molar-refractivity contribution in [3.63, 3.8) is 0 Å². The van der Waals surface area contributed by atoms with E-state index in [0.717, 1.165) is 5.56 Å². The number of phenolic OH excluding ortho intramolecular Hbond substituents is 1. The topological polar surface area (TPSA) is 185 Å². The van der Waals surface area contributed by atoms with Crippen molar-refractivity contribution in [2.24, 2.45) is 11.5 Å². The first-order valence-corrected chi connectivity index (χ1v) is 9.85. The Labute approximate surface area is 184 Å². The molecule has 0 saturated carbocycles. The van der Waals surface area contributed by atoms with Gasteiger partial charge in [-0.1, -0.05) is 42.5 Å². The summed E-state index contributed by atoms with van der Waals surface area (Å²) >= 11 is 0. The van der Waals surface area contributed by atoms with Crippen molar-refractivity contribution in [2.45, 2.75) is 37.4 Å². The molecule has 0 radical (unpaired) electrons. The van der Waals surface area contributed by atoms with Gasteiger partial charge in [0.1, 0.15) is 17.8 Å². The molecule has 8 N–H and O–H groups in total. The van der Waals surface area contributed by atoms with Crippen LogP contribution < -0.4 is 22.1 Å². The standard InChI is InChI=1S/C22H26N4O6/c23-16(10-14-6-8-15(27)9-7-14)21(31)26-18(11-13-4-2-1-3-5-13)22(32)25-17(20(24)30)12-19(28)29/h1-9,16-18,27H,10-12,23H2,(H2,24,30)(H,25,32)(H,26,31)(H,28,29)/t16-,17-,18-/m0/s1. The zero-order valence-electron chi connectivity index (χ0n) is 17.2. The molecule has 0 fully saturated rings. The van der Waals surface area contributed by atoms with Crippen LogP contribution in [0, 0.1) is 0 Å². The minimum Gasteiger partial charge on any atom is -0.508 e. The van der Waals surface area contributed by atoms with Gasteiger partial charge in [-0.2, -0.15) is 0 Å². The summed E-state index contributed by atoms with van der Waals surface area (Å²) in [5, 5.41) is 23.2. The molecule has 0 bridgehead atoms. The highest BCUT2D eigenvalue weighted by Crippen LogP contribution is 2.11. The van der Waals surface area contributed by atoms with E-state index in [9.17, 15) is 24.3 Å².